The summed E-state index contributed by atoms with van der Waals surface area (Å²) in [6.07, 6.45) is -2.33. The molecule has 0 aliphatic heterocycles. The van der Waals surface area contributed by atoms with E-state index in [1.165, 1.54) is 0 Å². The van der Waals surface area contributed by atoms with E-state index in [0.717, 1.165) is 0 Å². The van der Waals surface area contributed by atoms with Gasteiger partial charge < -0.3 is 19.7 Å². The molecule has 0 N–H and O–H groups in total. The van der Waals surface area contributed by atoms with Gasteiger partial charge in [0, 0.05) is 0 Å². The van der Waals surface area contributed by atoms with Crippen LogP contribution in [0, 0.1) is 0 Å². The summed E-state index contributed by atoms with van der Waals surface area (Å²) in [4.78, 5) is 8.33. The minimum absolute atomic E-state index is 0. The molecule has 7 heavy (non-hydrogen) atoms. The molecule has 0 bridgehead atoms. The van der Waals surface area contributed by atoms with Crippen molar-refractivity contribution in [1.29, 1.82) is 0 Å². The average molecular weight is 159 g/mol. The first-order chi connectivity index (χ1) is 1.73. The van der Waals surface area contributed by atoms with Crippen molar-refractivity contribution in [3.05, 3.63) is 0 Å². The first-order valence-corrected chi connectivity index (χ1v) is 0.612. The Morgan fingerprint density at radius 1 is 1.14 bits per heavy atom. The van der Waals surface area contributed by atoms with Crippen LogP contribution in [0.25, 0.3) is 0 Å². The Balaban J connectivity index is -0.0000000150. The Bertz CT molecular complexity index is 35.9. The van der Waals surface area contributed by atoms with Gasteiger partial charge in [-0.05, 0) is 6.16 Å². The molecule has 0 aliphatic carbocycles. The minimum Gasteiger partial charge on any atom is -1.00 e. The molecule has 0 fully saturated rings. The average Bonchev–Trinajstić information content (AvgIpc) is 0.811. The number of carbonyl (C=O) groups is 1. The Morgan fingerprint density at radius 2 is 1.14 bits per heavy atom. The molecule has 6 heteroatoms. The second kappa shape index (κ2) is 15.6. The third-order valence-corrected chi connectivity index (χ3v) is 0. The summed E-state index contributed by atoms with van der Waals surface area (Å²) in [5.74, 6) is 0. The first-order valence-electron chi connectivity index (χ1n) is 0.612. The molecular weight excluding hydrogens is 159 g/mol. The number of hydrogen-bond donors (Lipinski definition) is 0. The van der Waals surface area contributed by atoms with E-state index in [9.17, 15) is 0 Å². The largest absolute Gasteiger partial charge is 2.00 e. The molecule has 0 aromatic carbocycles. The Hall–Kier alpha value is 1.72. The van der Waals surface area contributed by atoms with Crippen LogP contribution in [0.1, 0.15) is 0 Å². The van der Waals surface area contributed by atoms with Crippen LogP contribution in [0.3, 0.4) is 0 Å². The van der Waals surface area contributed by atoms with Crippen molar-refractivity contribution in [2.45, 2.75) is 0 Å². The van der Waals surface area contributed by atoms with Gasteiger partial charge in [-0.2, -0.15) is 0 Å². The van der Waals surface area contributed by atoms with E-state index in [1.807, 2.05) is 0 Å². The van der Waals surface area contributed by atoms with Crippen molar-refractivity contribution in [1.82, 2.24) is 0 Å². The second-order valence-corrected chi connectivity index (χ2v) is 0.250. The zero-order chi connectivity index (χ0) is 3.58. The molecule has 0 spiro atoms. The number of carboxylic acid groups (broad SMARTS) is 2. The van der Waals surface area contributed by atoms with Gasteiger partial charge in [0.2, 0.25) is 0 Å². The fraction of sp³-hybridized carbons (Fsp3) is 0. The summed E-state index contributed by atoms with van der Waals surface area (Å²) in [5.41, 5.74) is 0. The molecule has 0 heterocycles. The van der Waals surface area contributed by atoms with E-state index in [0.29, 0.717) is 0 Å². The Labute approximate surface area is 99.4 Å². The summed E-state index contributed by atoms with van der Waals surface area (Å²) in [7, 11) is 0. The molecule has 0 amide bonds. The third kappa shape index (κ3) is 85.4. The normalized spacial score (nSPS) is 3.43. The second-order valence-electron chi connectivity index (χ2n) is 0.250. The van der Waals surface area contributed by atoms with Gasteiger partial charge in [-0.1, -0.05) is 0 Å². The van der Waals surface area contributed by atoms with Gasteiger partial charge in [-0.25, -0.2) is 0 Å². The zero-order valence-electron chi connectivity index (χ0n) is 3.52. The summed E-state index contributed by atoms with van der Waals surface area (Å²) in [6.45, 7) is 0. The smallest absolute Gasteiger partial charge is 1.00 e. The number of rotatable bonds is 0. The molecule has 0 rings (SSSR count). The minimum atomic E-state index is -2.33. The standard InChI is InChI=1S/CH2O3.2Ca.FH/c2-1(3)4;;;/h(H2,2,3,4);;;1H/q;2*+2;/p-3. The van der Waals surface area contributed by atoms with E-state index in [2.05, 4.69) is 0 Å². The van der Waals surface area contributed by atoms with Crippen LogP contribution in [0.2, 0.25) is 0 Å². The van der Waals surface area contributed by atoms with E-state index in [1.54, 1.807) is 0 Å². The maximum Gasteiger partial charge on any atom is 2.00 e. The van der Waals surface area contributed by atoms with Gasteiger partial charge >= 0.3 is 75.5 Å². The quantitative estimate of drug-likeness (QED) is 0.330. The van der Waals surface area contributed by atoms with Gasteiger partial charge in [0.25, 0.3) is 0 Å². The molecule has 0 aliphatic rings. The maximum absolute atomic E-state index is 8.33. The van der Waals surface area contributed by atoms with Crippen molar-refractivity contribution in [3.8, 4) is 0 Å². The van der Waals surface area contributed by atoms with Gasteiger partial charge in [0.05, 0.1) is 0 Å². The van der Waals surface area contributed by atoms with Crippen LogP contribution in [-0.4, -0.2) is 81.6 Å². The molecular formula is CCa2FO3+. The van der Waals surface area contributed by atoms with Gasteiger partial charge in [0.1, 0.15) is 0 Å². The summed E-state index contributed by atoms with van der Waals surface area (Å²) < 4.78 is 0. The molecule has 0 atom stereocenters. The van der Waals surface area contributed by atoms with Crippen LogP contribution in [0.15, 0.2) is 0 Å². The van der Waals surface area contributed by atoms with Crippen LogP contribution < -0.4 is 14.9 Å². The molecule has 0 aromatic heterocycles. The predicted molar refractivity (Wildman–Crippen MR) is 16.9 cm³/mol. The molecule has 0 saturated carbocycles. The van der Waals surface area contributed by atoms with Crippen molar-refractivity contribution >= 4 is 81.6 Å². The SMILES string of the molecule is O=C([O-])[O-].[Ca+2].[Ca+2].[F-]. The molecule has 0 radical (unpaired) electrons. The van der Waals surface area contributed by atoms with Gasteiger partial charge in [-0.3, -0.25) is 0 Å². The number of halogens is 1. The number of carbonyl (C=O) groups excluding carboxylic acids is 1. The monoisotopic (exact) mass is 159 g/mol. The molecule has 3 nitrogen and oxygen atoms in total. The van der Waals surface area contributed by atoms with Gasteiger partial charge in [0.15, 0.2) is 0 Å². The molecule has 0 saturated heterocycles. The number of hydrogen-bond acceptors (Lipinski definition) is 3. The van der Waals surface area contributed by atoms with Crippen molar-refractivity contribution in [3.63, 3.8) is 0 Å². The van der Waals surface area contributed by atoms with Crippen molar-refractivity contribution < 1.29 is 19.7 Å². The van der Waals surface area contributed by atoms with Crippen molar-refractivity contribution in [2.75, 3.05) is 0 Å². The van der Waals surface area contributed by atoms with E-state index >= 15 is 0 Å². The van der Waals surface area contributed by atoms with E-state index in [4.69, 9.17) is 15.0 Å². The first kappa shape index (κ1) is 23.3. The fourth-order valence-corrected chi connectivity index (χ4v) is 0. The summed E-state index contributed by atoms with van der Waals surface area (Å²) in [6, 6.07) is 0. The molecule has 32 valence electrons. The van der Waals surface area contributed by atoms with Crippen LogP contribution in [-0.2, 0) is 0 Å². The van der Waals surface area contributed by atoms with Crippen LogP contribution in [0.4, 0.5) is 4.79 Å². The van der Waals surface area contributed by atoms with Crippen LogP contribution >= 0.6 is 0 Å². The maximum atomic E-state index is 8.33. The van der Waals surface area contributed by atoms with E-state index in [-0.39, 0.29) is 80.2 Å². The zero-order valence-corrected chi connectivity index (χ0v) is 7.93. The molecule has 0 unspecified atom stereocenters. The molecule has 0 aromatic rings. The predicted octanol–water partition coefficient (Wildman–Crippen LogP) is -6.20. The Morgan fingerprint density at radius 3 is 1.14 bits per heavy atom. The Kier molecular flexibility index (Phi) is 52.1. The topological polar surface area (TPSA) is 63.2 Å². The van der Waals surface area contributed by atoms with Crippen LogP contribution in [0.5, 0.6) is 0 Å². The summed E-state index contributed by atoms with van der Waals surface area (Å²) in [5, 5.41) is 16.7. The van der Waals surface area contributed by atoms with Crippen molar-refractivity contribution in [2.24, 2.45) is 0 Å². The van der Waals surface area contributed by atoms with Gasteiger partial charge in [-0.15, -0.1) is 0 Å². The third-order valence-electron chi connectivity index (χ3n) is 0. The van der Waals surface area contributed by atoms with E-state index < -0.39 is 6.16 Å². The summed E-state index contributed by atoms with van der Waals surface area (Å²) >= 11 is 0. The fourth-order valence-electron chi connectivity index (χ4n) is 0.